The SMILES string of the molecule is C=C[C@H]1CN2CC[C@H]1C[C@H]2[C@@H](NC(=S)Nc1cc(C(C)(F)F)cc(C(F)(F)F)c1)c1ccnc2ccc(OC)cc12. The Kier molecular flexibility index (Phi) is 7.95. The summed E-state index contributed by atoms with van der Waals surface area (Å²) in [6, 6.07) is 9.35. The first-order chi connectivity index (χ1) is 19.4. The largest absolute Gasteiger partial charge is 0.497 e. The van der Waals surface area contributed by atoms with E-state index in [0.717, 1.165) is 54.5 Å². The second kappa shape index (κ2) is 11.2. The number of methoxy groups -OCH3 is 1. The third kappa shape index (κ3) is 6.16. The number of pyridine rings is 1. The highest BCUT2D eigenvalue weighted by Gasteiger charge is 2.43. The van der Waals surface area contributed by atoms with Crippen LogP contribution >= 0.6 is 12.2 Å². The number of benzene rings is 2. The van der Waals surface area contributed by atoms with E-state index in [2.05, 4.69) is 27.1 Å². The Morgan fingerprint density at radius 2 is 1.90 bits per heavy atom. The molecule has 3 saturated heterocycles. The molecule has 4 heterocycles. The first-order valence-electron chi connectivity index (χ1n) is 13.3. The van der Waals surface area contributed by atoms with Crippen LogP contribution < -0.4 is 15.4 Å². The van der Waals surface area contributed by atoms with Gasteiger partial charge < -0.3 is 15.4 Å². The molecule has 41 heavy (non-hydrogen) atoms. The number of alkyl halides is 5. The Morgan fingerprint density at radius 1 is 1.15 bits per heavy atom. The van der Waals surface area contributed by atoms with Crippen LogP contribution in [0.25, 0.3) is 10.9 Å². The number of nitrogens with one attached hydrogen (secondary N) is 2. The molecule has 0 amide bonds. The van der Waals surface area contributed by atoms with E-state index in [4.69, 9.17) is 17.0 Å². The minimum Gasteiger partial charge on any atom is -0.497 e. The Labute approximate surface area is 240 Å². The van der Waals surface area contributed by atoms with Crippen LogP contribution in [0.2, 0.25) is 0 Å². The van der Waals surface area contributed by atoms with Crippen molar-refractivity contribution in [3.8, 4) is 5.75 Å². The van der Waals surface area contributed by atoms with Crippen molar-refractivity contribution in [3.05, 3.63) is 78.0 Å². The number of hydrogen-bond acceptors (Lipinski definition) is 4. The highest BCUT2D eigenvalue weighted by Crippen LogP contribution is 2.43. The number of anilines is 1. The van der Waals surface area contributed by atoms with Gasteiger partial charge in [-0.3, -0.25) is 9.88 Å². The molecular weight excluding hydrogens is 559 g/mol. The zero-order valence-electron chi connectivity index (χ0n) is 22.6. The molecule has 6 rings (SSSR count). The van der Waals surface area contributed by atoms with Crippen LogP contribution in [0.4, 0.5) is 27.6 Å². The first kappa shape index (κ1) is 29.2. The fraction of sp³-hybridized carbons (Fsp3) is 0.400. The normalized spacial score (nSPS) is 23.2. The van der Waals surface area contributed by atoms with Crippen LogP contribution in [-0.4, -0.2) is 41.2 Å². The molecule has 5 atom stereocenters. The monoisotopic (exact) mass is 590 g/mol. The molecule has 3 aromatic rings. The molecule has 11 heteroatoms. The lowest BCUT2D eigenvalue weighted by atomic mass is 9.73. The van der Waals surface area contributed by atoms with Crippen LogP contribution in [0.1, 0.15) is 42.5 Å². The van der Waals surface area contributed by atoms with E-state index in [1.165, 1.54) is 0 Å². The third-order valence-corrected chi connectivity index (χ3v) is 8.39. The summed E-state index contributed by atoms with van der Waals surface area (Å²) >= 11 is 5.59. The zero-order chi connectivity index (χ0) is 29.5. The van der Waals surface area contributed by atoms with Gasteiger partial charge in [-0.15, -0.1) is 6.58 Å². The molecule has 218 valence electrons. The summed E-state index contributed by atoms with van der Waals surface area (Å²) in [4.78, 5) is 6.88. The van der Waals surface area contributed by atoms with Gasteiger partial charge in [0.1, 0.15) is 5.75 Å². The van der Waals surface area contributed by atoms with E-state index in [1.807, 2.05) is 30.3 Å². The summed E-state index contributed by atoms with van der Waals surface area (Å²) in [7, 11) is 1.58. The van der Waals surface area contributed by atoms with Crippen molar-refractivity contribution < 1.29 is 26.7 Å². The fourth-order valence-electron chi connectivity index (χ4n) is 6.08. The number of aromatic nitrogens is 1. The molecule has 0 saturated carbocycles. The molecule has 3 aliphatic rings. The molecule has 3 fully saturated rings. The van der Waals surface area contributed by atoms with Crippen molar-refractivity contribution >= 4 is 33.9 Å². The van der Waals surface area contributed by atoms with E-state index in [0.29, 0.717) is 30.6 Å². The molecule has 5 nitrogen and oxygen atoms in total. The fourth-order valence-corrected chi connectivity index (χ4v) is 6.32. The molecule has 2 N–H and O–H groups in total. The van der Waals surface area contributed by atoms with Crippen molar-refractivity contribution in [2.45, 2.75) is 43.9 Å². The summed E-state index contributed by atoms with van der Waals surface area (Å²) in [6.45, 7) is 6.30. The van der Waals surface area contributed by atoms with Crippen molar-refractivity contribution in [1.29, 1.82) is 0 Å². The zero-order valence-corrected chi connectivity index (χ0v) is 23.5. The molecule has 3 aliphatic heterocycles. The Balaban J connectivity index is 1.51. The number of nitrogens with zero attached hydrogens (tertiary/aromatic N) is 2. The van der Waals surface area contributed by atoms with Gasteiger partial charge in [-0.2, -0.15) is 13.2 Å². The average Bonchev–Trinajstić information content (AvgIpc) is 2.94. The van der Waals surface area contributed by atoms with Gasteiger partial charge in [0.05, 0.1) is 24.2 Å². The minimum atomic E-state index is -4.80. The van der Waals surface area contributed by atoms with E-state index < -0.39 is 23.2 Å². The number of rotatable bonds is 7. The Bertz CT molecular complexity index is 1420. The second-order valence-electron chi connectivity index (χ2n) is 10.8. The van der Waals surface area contributed by atoms with Gasteiger partial charge in [0.15, 0.2) is 5.11 Å². The van der Waals surface area contributed by atoms with E-state index in [9.17, 15) is 22.0 Å². The minimum absolute atomic E-state index is 0.0125. The van der Waals surface area contributed by atoms with Gasteiger partial charge in [0.2, 0.25) is 0 Å². The molecule has 2 aromatic carbocycles. The summed E-state index contributed by atoms with van der Waals surface area (Å²) in [5.74, 6) is -2.01. The van der Waals surface area contributed by atoms with Gasteiger partial charge >= 0.3 is 6.18 Å². The van der Waals surface area contributed by atoms with Crippen molar-refractivity contribution in [3.63, 3.8) is 0 Å². The Morgan fingerprint density at radius 3 is 2.54 bits per heavy atom. The van der Waals surface area contributed by atoms with Gasteiger partial charge in [-0.25, -0.2) is 8.78 Å². The number of halogens is 5. The summed E-state index contributed by atoms with van der Waals surface area (Å²) in [6.07, 6.45) is 0.816. The third-order valence-electron chi connectivity index (χ3n) is 8.17. The highest BCUT2D eigenvalue weighted by atomic mass is 32.1. The van der Waals surface area contributed by atoms with E-state index >= 15 is 0 Å². The number of thiocarbonyl (C=S) groups is 1. The van der Waals surface area contributed by atoms with Gasteiger partial charge in [0.25, 0.3) is 5.92 Å². The van der Waals surface area contributed by atoms with Crippen molar-refractivity contribution in [2.24, 2.45) is 11.8 Å². The molecular formula is C30H31F5N4OS. The highest BCUT2D eigenvalue weighted by molar-refractivity contribution is 7.80. The number of fused-ring (bicyclic) bond motifs is 4. The van der Waals surface area contributed by atoms with Crippen LogP contribution in [0.15, 0.2) is 61.3 Å². The van der Waals surface area contributed by atoms with Gasteiger partial charge in [0, 0.05) is 42.3 Å². The molecule has 0 radical (unpaired) electrons. The maximum atomic E-state index is 14.1. The van der Waals surface area contributed by atoms with Crippen LogP contribution in [0.3, 0.4) is 0 Å². The Hall–Kier alpha value is -3.31. The number of hydrogen-bond donors (Lipinski definition) is 2. The van der Waals surface area contributed by atoms with Crippen molar-refractivity contribution in [2.75, 3.05) is 25.5 Å². The van der Waals surface area contributed by atoms with Gasteiger partial charge in [-0.05, 0) is 91.5 Å². The lowest BCUT2D eigenvalue weighted by molar-refractivity contribution is -0.137. The molecule has 0 aliphatic carbocycles. The van der Waals surface area contributed by atoms with E-state index in [1.54, 1.807) is 13.3 Å². The van der Waals surface area contributed by atoms with Crippen LogP contribution in [-0.2, 0) is 12.1 Å². The van der Waals surface area contributed by atoms with Crippen LogP contribution in [0.5, 0.6) is 5.75 Å². The second-order valence-corrected chi connectivity index (χ2v) is 11.2. The number of piperidine rings is 3. The smallest absolute Gasteiger partial charge is 0.416 e. The standard InChI is InChI=1S/C30H31F5N4OS/c1-4-17-16-39-10-8-18(17)11-26(39)27(23-7-9-36-25-6-5-22(40-3)15-24(23)25)38-28(41)37-21-13-19(29(2,31)32)12-20(14-21)30(33,34)35/h4-7,9,12-15,17-18,26-27H,1,8,10-11,16H2,2-3H3,(H2,37,38,41)/t17-,18-,26-,27-/m0/s1. The maximum Gasteiger partial charge on any atom is 0.416 e. The first-order valence-corrected chi connectivity index (χ1v) is 13.8. The number of ether oxygens (including phenoxy) is 1. The predicted octanol–water partition coefficient (Wildman–Crippen LogP) is 7.30. The summed E-state index contributed by atoms with van der Waals surface area (Å²) in [5.41, 5.74) is -0.465. The predicted molar refractivity (Wildman–Crippen MR) is 153 cm³/mol. The summed E-state index contributed by atoms with van der Waals surface area (Å²) < 4.78 is 74.3. The molecule has 2 bridgehead atoms. The van der Waals surface area contributed by atoms with E-state index in [-0.39, 0.29) is 22.9 Å². The maximum absolute atomic E-state index is 14.1. The lowest BCUT2D eigenvalue weighted by Crippen LogP contribution is -2.57. The quantitative estimate of drug-likeness (QED) is 0.171. The average molecular weight is 591 g/mol. The topological polar surface area (TPSA) is 49.4 Å². The molecule has 1 aromatic heterocycles. The van der Waals surface area contributed by atoms with Gasteiger partial charge in [-0.1, -0.05) is 6.08 Å². The van der Waals surface area contributed by atoms with Crippen molar-refractivity contribution in [1.82, 2.24) is 15.2 Å². The van der Waals surface area contributed by atoms with Crippen LogP contribution in [0, 0.1) is 11.8 Å². The molecule has 0 spiro atoms. The lowest BCUT2D eigenvalue weighted by Gasteiger charge is -2.52. The summed E-state index contributed by atoms with van der Waals surface area (Å²) in [5, 5.41) is 6.96. The molecule has 1 unspecified atom stereocenters.